The van der Waals surface area contributed by atoms with E-state index in [1.807, 2.05) is 19.1 Å². The van der Waals surface area contributed by atoms with Gasteiger partial charge in [-0.05, 0) is 37.5 Å². The minimum Gasteiger partial charge on any atom is -0.454 e. The van der Waals surface area contributed by atoms with Crippen molar-refractivity contribution in [1.29, 1.82) is 0 Å². The van der Waals surface area contributed by atoms with Crippen LogP contribution in [0.25, 0.3) is 0 Å². The Bertz CT molecular complexity index is 416. The molecule has 0 aromatic heterocycles. The molecular formula is C14H19NO3. The van der Waals surface area contributed by atoms with E-state index < -0.39 is 0 Å². The first-order valence-electron chi connectivity index (χ1n) is 6.58. The van der Waals surface area contributed by atoms with Crippen molar-refractivity contribution in [3.05, 3.63) is 23.8 Å². The maximum atomic E-state index is 5.54. The molecule has 0 atom stereocenters. The summed E-state index contributed by atoms with van der Waals surface area (Å²) >= 11 is 0. The predicted octanol–water partition coefficient (Wildman–Crippen LogP) is 2.07. The lowest BCUT2D eigenvalue weighted by atomic mass is 9.89. The van der Waals surface area contributed by atoms with Crippen LogP contribution in [0, 0.1) is 0 Å². The first-order valence-corrected chi connectivity index (χ1v) is 6.58. The molecule has 0 unspecified atom stereocenters. The van der Waals surface area contributed by atoms with Crippen molar-refractivity contribution in [2.45, 2.75) is 38.5 Å². The van der Waals surface area contributed by atoms with E-state index in [0.29, 0.717) is 18.9 Å². The summed E-state index contributed by atoms with van der Waals surface area (Å²) in [7, 11) is 0. The highest BCUT2D eigenvalue weighted by Gasteiger charge is 2.28. The van der Waals surface area contributed by atoms with E-state index in [1.54, 1.807) is 0 Å². The van der Waals surface area contributed by atoms with E-state index in [9.17, 15) is 0 Å². The third kappa shape index (κ3) is 2.44. The number of ether oxygens (including phenoxy) is 3. The van der Waals surface area contributed by atoms with Gasteiger partial charge in [-0.25, -0.2) is 0 Å². The second-order valence-corrected chi connectivity index (χ2v) is 4.81. The molecule has 1 saturated carbocycles. The molecule has 0 radical (unpaired) electrons. The predicted molar refractivity (Wildman–Crippen MR) is 67.8 cm³/mol. The van der Waals surface area contributed by atoms with Crippen LogP contribution in [0.1, 0.15) is 25.3 Å². The van der Waals surface area contributed by atoms with Gasteiger partial charge in [0.15, 0.2) is 11.5 Å². The van der Waals surface area contributed by atoms with Crippen LogP contribution in [-0.2, 0) is 11.3 Å². The van der Waals surface area contributed by atoms with Crippen molar-refractivity contribution in [2.24, 2.45) is 0 Å². The van der Waals surface area contributed by atoms with Gasteiger partial charge in [-0.3, -0.25) is 0 Å². The molecule has 4 heteroatoms. The molecule has 1 heterocycles. The molecule has 2 aliphatic rings. The van der Waals surface area contributed by atoms with E-state index in [1.165, 1.54) is 5.56 Å². The van der Waals surface area contributed by atoms with Crippen LogP contribution in [0.2, 0.25) is 0 Å². The molecule has 1 aliphatic carbocycles. The molecular weight excluding hydrogens is 230 g/mol. The fourth-order valence-corrected chi connectivity index (χ4v) is 2.42. The maximum absolute atomic E-state index is 5.54. The van der Waals surface area contributed by atoms with Crippen LogP contribution in [-0.4, -0.2) is 25.5 Å². The van der Waals surface area contributed by atoms with E-state index in [2.05, 4.69) is 11.4 Å². The summed E-state index contributed by atoms with van der Waals surface area (Å²) in [5.41, 5.74) is 1.24. The lowest BCUT2D eigenvalue weighted by Crippen LogP contribution is -2.45. The standard InChI is InChI=1S/C14H19NO3/c1-2-16-12-6-11(7-12)15-8-10-3-4-13-14(5-10)18-9-17-13/h3-5,11-12,15H,2,6-9H2,1H3. The second kappa shape index (κ2) is 5.16. The van der Waals surface area contributed by atoms with Crippen molar-refractivity contribution in [1.82, 2.24) is 5.32 Å². The number of fused-ring (bicyclic) bond motifs is 1. The molecule has 1 aromatic rings. The minimum atomic E-state index is 0.338. The molecule has 98 valence electrons. The molecule has 0 amide bonds. The van der Waals surface area contributed by atoms with Crippen LogP contribution in [0.3, 0.4) is 0 Å². The van der Waals surface area contributed by atoms with Gasteiger partial charge in [0.1, 0.15) is 0 Å². The van der Waals surface area contributed by atoms with Gasteiger partial charge in [-0.15, -0.1) is 0 Å². The fourth-order valence-electron chi connectivity index (χ4n) is 2.42. The normalized spacial score (nSPS) is 24.9. The summed E-state index contributed by atoms with van der Waals surface area (Å²) in [6.45, 7) is 4.08. The van der Waals surface area contributed by atoms with Gasteiger partial charge in [0, 0.05) is 19.2 Å². The monoisotopic (exact) mass is 249 g/mol. The van der Waals surface area contributed by atoms with Gasteiger partial charge in [-0.2, -0.15) is 0 Å². The molecule has 3 rings (SSSR count). The Morgan fingerprint density at radius 2 is 2.11 bits per heavy atom. The summed E-state index contributed by atoms with van der Waals surface area (Å²) in [5.74, 6) is 1.70. The Kier molecular flexibility index (Phi) is 3.39. The van der Waals surface area contributed by atoms with Crippen molar-refractivity contribution in [3.8, 4) is 11.5 Å². The Labute approximate surface area is 107 Å². The molecule has 1 fully saturated rings. The lowest BCUT2D eigenvalue weighted by Gasteiger charge is -2.35. The summed E-state index contributed by atoms with van der Waals surface area (Å²) in [6, 6.07) is 6.70. The van der Waals surface area contributed by atoms with Gasteiger partial charge < -0.3 is 19.5 Å². The van der Waals surface area contributed by atoms with Crippen molar-refractivity contribution < 1.29 is 14.2 Å². The van der Waals surface area contributed by atoms with Gasteiger partial charge in [0.25, 0.3) is 0 Å². The number of benzene rings is 1. The van der Waals surface area contributed by atoms with Gasteiger partial charge >= 0.3 is 0 Å². The first kappa shape index (κ1) is 11.8. The quantitative estimate of drug-likeness (QED) is 0.867. The topological polar surface area (TPSA) is 39.7 Å². The molecule has 1 N–H and O–H groups in total. The number of nitrogens with one attached hydrogen (secondary N) is 1. The lowest BCUT2D eigenvalue weighted by molar-refractivity contribution is -0.0102. The van der Waals surface area contributed by atoms with E-state index in [4.69, 9.17) is 14.2 Å². The molecule has 4 nitrogen and oxygen atoms in total. The van der Waals surface area contributed by atoms with Crippen LogP contribution < -0.4 is 14.8 Å². The highest BCUT2D eigenvalue weighted by Crippen LogP contribution is 2.32. The number of hydrogen-bond donors (Lipinski definition) is 1. The molecule has 1 aromatic carbocycles. The highest BCUT2D eigenvalue weighted by molar-refractivity contribution is 5.44. The van der Waals surface area contributed by atoms with Gasteiger partial charge in [0.05, 0.1) is 6.10 Å². The third-order valence-electron chi connectivity index (χ3n) is 3.53. The average Bonchev–Trinajstić information content (AvgIpc) is 2.79. The van der Waals surface area contributed by atoms with Crippen LogP contribution in [0.5, 0.6) is 11.5 Å². The Morgan fingerprint density at radius 3 is 2.94 bits per heavy atom. The Hall–Kier alpha value is -1.26. The van der Waals surface area contributed by atoms with Crippen LogP contribution >= 0.6 is 0 Å². The zero-order chi connectivity index (χ0) is 12.4. The first-order chi connectivity index (χ1) is 8.85. The van der Waals surface area contributed by atoms with E-state index >= 15 is 0 Å². The Morgan fingerprint density at radius 1 is 1.28 bits per heavy atom. The fraction of sp³-hybridized carbons (Fsp3) is 0.571. The summed E-state index contributed by atoms with van der Waals surface area (Å²) in [6.07, 6.45) is 2.71. The second-order valence-electron chi connectivity index (χ2n) is 4.81. The summed E-state index contributed by atoms with van der Waals surface area (Å²) in [4.78, 5) is 0. The minimum absolute atomic E-state index is 0.338. The number of rotatable bonds is 5. The molecule has 0 spiro atoms. The third-order valence-corrected chi connectivity index (χ3v) is 3.53. The molecule has 18 heavy (non-hydrogen) atoms. The van der Waals surface area contributed by atoms with Crippen molar-refractivity contribution >= 4 is 0 Å². The average molecular weight is 249 g/mol. The zero-order valence-electron chi connectivity index (χ0n) is 10.6. The van der Waals surface area contributed by atoms with E-state index in [0.717, 1.165) is 37.5 Å². The largest absolute Gasteiger partial charge is 0.454 e. The van der Waals surface area contributed by atoms with Crippen molar-refractivity contribution in [3.63, 3.8) is 0 Å². The highest BCUT2D eigenvalue weighted by atomic mass is 16.7. The molecule has 1 aliphatic heterocycles. The smallest absolute Gasteiger partial charge is 0.231 e. The maximum Gasteiger partial charge on any atom is 0.231 e. The Balaban J connectivity index is 1.47. The van der Waals surface area contributed by atoms with Gasteiger partial charge in [0.2, 0.25) is 6.79 Å². The van der Waals surface area contributed by atoms with E-state index in [-0.39, 0.29) is 0 Å². The molecule has 0 saturated heterocycles. The summed E-state index contributed by atoms with van der Waals surface area (Å²) in [5, 5.41) is 3.54. The van der Waals surface area contributed by atoms with Crippen LogP contribution in [0.4, 0.5) is 0 Å². The van der Waals surface area contributed by atoms with Crippen molar-refractivity contribution in [2.75, 3.05) is 13.4 Å². The van der Waals surface area contributed by atoms with Gasteiger partial charge in [-0.1, -0.05) is 6.07 Å². The SMILES string of the molecule is CCOC1CC(NCc2ccc3c(c2)OCO3)C1. The van der Waals surface area contributed by atoms with Crippen LogP contribution in [0.15, 0.2) is 18.2 Å². The zero-order valence-corrected chi connectivity index (χ0v) is 10.6. The molecule has 0 bridgehead atoms. The summed E-state index contributed by atoms with van der Waals surface area (Å²) < 4.78 is 16.2. The number of hydrogen-bond acceptors (Lipinski definition) is 4.